The third kappa shape index (κ3) is 3.47. The first-order valence-corrected chi connectivity index (χ1v) is 11.4. The third-order valence-electron chi connectivity index (χ3n) is 6.10. The second kappa shape index (κ2) is 8.29. The Morgan fingerprint density at radius 1 is 0.647 bits per heavy atom. The highest BCUT2D eigenvalue weighted by Crippen LogP contribution is 2.38. The summed E-state index contributed by atoms with van der Waals surface area (Å²) in [6, 6.07) is 35.7. The van der Waals surface area contributed by atoms with E-state index < -0.39 is 0 Å². The first kappa shape index (κ1) is 20.4. The second-order valence-corrected chi connectivity index (χ2v) is 8.63. The number of nitrogens with one attached hydrogen (secondary N) is 1. The molecule has 0 fully saturated rings. The molecule has 1 N–H and O–H groups in total. The number of hydrogen-bond acceptors (Lipinski definition) is 2. The summed E-state index contributed by atoms with van der Waals surface area (Å²) in [5, 5.41) is 2.57. The molecule has 0 bridgehead atoms. The van der Waals surface area contributed by atoms with Crippen molar-refractivity contribution in [3.8, 4) is 33.5 Å². The van der Waals surface area contributed by atoms with E-state index in [1.165, 1.54) is 0 Å². The average molecular weight is 459 g/mol. The number of halogens is 1. The molecule has 3 nitrogen and oxygen atoms in total. The zero-order chi connectivity index (χ0) is 23.1. The summed E-state index contributed by atoms with van der Waals surface area (Å²) in [5.41, 5.74) is 6.46. The second-order valence-electron chi connectivity index (χ2n) is 8.20. The van der Waals surface area contributed by atoms with Gasteiger partial charge in [0.15, 0.2) is 0 Å². The number of aromatic amines is 1. The van der Waals surface area contributed by atoms with Crippen LogP contribution in [0.1, 0.15) is 0 Å². The lowest BCUT2D eigenvalue weighted by Gasteiger charge is -2.15. The molecule has 0 amide bonds. The van der Waals surface area contributed by atoms with Crippen LogP contribution in [0, 0.1) is 0 Å². The van der Waals surface area contributed by atoms with Gasteiger partial charge in [-0.15, -0.1) is 0 Å². The monoisotopic (exact) mass is 458 g/mol. The van der Waals surface area contributed by atoms with Gasteiger partial charge in [0.1, 0.15) is 0 Å². The molecule has 2 heterocycles. The van der Waals surface area contributed by atoms with Crippen LogP contribution in [0.5, 0.6) is 0 Å². The number of fused-ring (bicyclic) bond motifs is 2. The Kier molecular flexibility index (Phi) is 4.97. The zero-order valence-corrected chi connectivity index (χ0v) is 18.9. The van der Waals surface area contributed by atoms with Crippen LogP contribution in [0.2, 0.25) is 5.02 Å². The van der Waals surface area contributed by atoms with Crippen LogP contribution in [0.25, 0.3) is 55.3 Å². The molecule has 6 aromatic rings. The van der Waals surface area contributed by atoms with Crippen LogP contribution in [-0.4, -0.2) is 9.97 Å². The maximum absolute atomic E-state index is 13.5. The van der Waals surface area contributed by atoms with E-state index in [9.17, 15) is 4.79 Å². The molecule has 0 spiro atoms. The van der Waals surface area contributed by atoms with E-state index in [4.69, 9.17) is 16.6 Å². The molecular formula is C30H19ClN2O. The molecule has 0 aliphatic carbocycles. The molecule has 0 radical (unpaired) electrons. The Morgan fingerprint density at radius 3 is 2.09 bits per heavy atom. The van der Waals surface area contributed by atoms with E-state index >= 15 is 0 Å². The summed E-state index contributed by atoms with van der Waals surface area (Å²) in [4.78, 5) is 21.6. The Labute approximate surface area is 201 Å². The molecule has 0 saturated carbocycles. The van der Waals surface area contributed by atoms with Crippen LogP contribution in [0.15, 0.2) is 114 Å². The first-order chi connectivity index (χ1) is 16.7. The molecule has 4 aromatic carbocycles. The summed E-state index contributed by atoms with van der Waals surface area (Å²) < 4.78 is 0. The lowest BCUT2D eigenvalue weighted by atomic mass is 9.92. The molecular weight excluding hydrogens is 440 g/mol. The number of benzene rings is 4. The lowest BCUT2D eigenvalue weighted by Crippen LogP contribution is -2.12. The standard InChI is InChI=1S/C30H19ClN2O/c31-21-15-16-26-24(17-21)23(19-9-3-1-4-10-19)18-27(32-26)29-28(20-11-5-2-6-12-20)22-13-7-8-14-25(22)33-30(29)34/h1-18H,(H,33,34). The van der Waals surface area contributed by atoms with Gasteiger partial charge in [0.05, 0.1) is 16.8 Å². The Balaban J connectivity index is 1.75. The molecule has 4 heteroatoms. The largest absolute Gasteiger partial charge is 0.321 e. The summed E-state index contributed by atoms with van der Waals surface area (Å²) in [7, 11) is 0. The van der Waals surface area contributed by atoms with Gasteiger partial charge in [-0.2, -0.15) is 0 Å². The minimum atomic E-state index is -0.169. The SMILES string of the molecule is O=c1[nH]c2ccccc2c(-c2ccccc2)c1-c1cc(-c2ccccc2)c2cc(Cl)ccc2n1. The van der Waals surface area contributed by atoms with Gasteiger partial charge < -0.3 is 4.98 Å². The molecule has 0 unspecified atom stereocenters. The molecule has 34 heavy (non-hydrogen) atoms. The summed E-state index contributed by atoms with van der Waals surface area (Å²) >= 11 is 6.35. The van der Waals surface area contributed by atoms with Crippen molar-refractivity contribution in [2.45, 2.75) is 0 Å². The van der Waals surface area contributed by atoms with Gasteiger partial charge in [-0.3, -0.25) is 4.79 Å². The highest BCUT2D eigenvalue weighted by atomic mass is 35.5. The molecule has 0 aliphatic rings. The molecule has 0 aliphatic heterocycles. The number of nitrogens with zero attached hydrogens (tertiary/aromatic N) is 1. The van der Waals surface area contributed by atoms with Crippen molar-refractivity contribution in [2.75, 3.05) is 0 Å². The third-order valence-corrected chi connectivity index (χ3v) is 6.33. The van der Waals surface area contributed by atoms with Crippen LogP contribution < -0.4 is 5.56 Å². The lowest BCUT2D eigenvalue weighted by molar-refractivity contribution is 1.28. The van der Waals surface area contributed by atoms with Crippen molar-refractivity contribution in [1.82, 2.24) is 9.97 Å². The number of aromatic nitrogens is 2. The predicted molar refractivity (Wildman–Crippen MR) is 141 cm³/mol. The molecule has 0 atom stereocenters. The van der Waals surface area contributed by atoms with E-state index in [-0.39, 0.29) is 5.56 Å². The predicted octanol–water partition coefficient (Wildman–Crippen LogP) is 7.73. The molecule has 0 saturated heterocycles. The van der Waals surface area contributed by atoms with Crippen molar-refractivity contribution >= 4 is 33.4 Å². The Hall–Kier alpha value is -4.21. The van der Waals surface area contributed by atoms with Crippen LogP contribution >= 0.6 is 11.6 Å². The van der Waals surface area contributed by atoms with Gasteiger partial charge in [0, 0.05) is 26.9 Å². The summed E-state index contributed by atoms with van der Waals surface area (Å²) in [6.45, 7) is 0. The van der Waals surface area contributed by atoms with Crippen molar-refractivity contribution < 1.29 is 0 Å². The van der Waals surface area contributed by atoms with Crippen molar-refractivity contribution in [2.24, 2.45) is 0 Å². The fourth-order valence-electron chi connectivity index (χ4n) is 4.57. The smallest absolute Gasteiger partial charge is 0.258 e. The van der Waals surface area contributed by atoms with Gasteiger partial charge >= 0.3 is 0 Å². The van der Waals surface area contributed by atoms with Gasteiger partial charge in [0.25, 0.3) is 5.56 Å². The molecule has 162 valence electrons. The van der Waals surface area contributed by atoms with Crippen LogP contribution in [0.3, 0.4) is 0 Å². The van der Waals surface area contributed by atoms with E-state index in [2.05, 4.69) is 17.1 Å². The van der Waals surface area contributed by atoms with E-state index in [0.29, 0.717) is 16.3 Å². The number of rotatable bonds is 3. The number of hydrogen-bond donors (Lipinski definition) is 1. The van der Waals surface area contributed by atoms with Crippen molar-refractivity contribution in [3.63, 3.8) is 0 Å². The Bertz CT molecular complexity index is 1720. The minimum absolute atomic E-state index is 0.169. The fourth-order valence-corrected chi connectivity index (χ4v) is 4.75. The normalized spacial score (nSPS) is 11.2. The van der Waals surface area contributed by atoms with Gasteiger partial charge in [-0.05, 0) is 47.0 Å². The van der Waals surface area contributed by atoms with Gasteiger partial charge in [-0.25, -0.2) is 4.98 Å². The number of pyridine rings is 2. The zero-order valence-electron chi connectivity index (χ0n) is 18.1. The minimum Gasteiger partial charge on any atom is -0.321 e. The fraction of sp³-hybridized carbons (Fsp3) is 0. The maximum atomic E-state index is 13.5. The van der Waals surface area contributed by atoms with Gasteiger partial charge in [-0.1, -0.05) is 90.5 Å². The van der Waals surface area contributed by atoms with Crippen molar-refractivity contribution in [1.29, 1.82) is 0 Å². The first-order valence-electron chi connectivity index (χ1n) is 11.1. The van der Waals surface area contributed by atoms with E-state index in [0.717, 1.165) is 44.1 Å². The quantitative estimate of drug-likeness (QED) is 0.295. The topological polar surface area (TPSA) is 45.8 Å². The van der Waals surface area contributed by atoms with E-state index in [1.54, 1.807) is 0 Å². The van der Waals surface area contributed by atoms with Crippen LogP contribution in [-0.2, 0) is 0 Å². The average Bonchev–Trinajstić information content (AvgIpc) is 2.88. The van der Waals surface area contributed by atoms with Crippen molar-refractivity contribution in [3.05, 3.63) is 125 Å². The summed E-state index contributed by atoms with van der Waals surface area (Å²) in [5.74, 6) is 0. The highest BCUT2D eigenvalue weighted by molar-refractivity contribution is 6.31. The number of para-hydroxylation sites is 1. The number of H-pyrrole nitrogens is 1. The Morgan fingerprint density at radius 2 is 1.32 bits per heavy atom. The molecule has 6 rings (SSSR count). The van der Waals surface area contributed by atoms with E-state index in [1.807, 2.05) is 97.1 Å². The van der Waals surface area contributed by atoms with Crippen LogP contribution in [0.4, 0.5) is 0 Å². The van der Waals surface area contributed by atoms with Gasteiger partial charge in [0.2, 0.25) is 0 Å². The maximum Gasteiger partial charge on any atom is 0.258 e. The highest BCUT2D eigenvalue weighted by Gasteiger charge is 2.19. The molecule has 2 aromatic heterocycles. The summed E-state index contributed by atoms with van der Waals surface area (Å²) in [6.07, 6.45) is 0.